The molecule has 15 heavy (non-hydrogen) atoms. The van der Waals surface area contributed by atoms with Crippen LogP contribution in [0.25, 0.3) is 0 Å². The van der Waals surface area contributed by atoms with Crippen molar-refractivity contribution in [2.45, 2.75) is 25.7 Å². The molecule has 2 aliphatic rings. The Morgan fingerprint density at radius 2 is 1.73 bits per heavy atom. The van der Waals surface area contributed by atoms with Crippen LogP contribution in [0.4, 0.5) is 0 Å². The minimum atomic E-state index is -0.713. The number of aliphatic carboxylic acids is 1. The number of carboxylic acid groups (broad SMARTS) is 1. The monoisotopic (exact) mass is 212 g/mol. The highest BCUT2D eigenvalue weighted by molar-refractivity contribution is 5.75. The predicted octanol–water partition coefficient (Wildman–Crippen LogP) is 1.30. The first kappa shape index (κ1) is 10.5. The minimum Gasteiger partial charge on any atom is -0.481 e. The van der Waals surface area contributed by atoms with Crippen molar-refractivity contribution in [3.8, 4) is 0 Å². The number of ether oxygens (including phenoxy) is 1. The molecule has 0 radical (unpaired) electrons. The highest BCUT2D eigenvalue weighted by atomic mass is 16.5. The number of carboxylic acids is 1. The van der Waals surface area contributed by atoms with Gasteiger partial charge in [-0.25, -0.2) is 0 Å². The molecule has 4 nitrogen and oxygen atoms in total. The molecule has 84 valence electrons. The van der Waals surface area contributed by atoms with Crippen molar-refractivity contribution in [3.63, 3.8) is 0 Å². The molecular formula is C11H16O4. The van der Waals surface area contributed by atoms with Gasteiger partial charge >= 0.3 is 11.9 Å². The Bertz CT molecular complexity index is 272. The third-order valence-electron chi connectivity index (χ3n) is 3.92. The van der Waals surface area contributed by atoms with E-state index >= 15 is 0 Å². The molecule has 4 heteroatoms. The van der Waals surface area contributed by atoms with Gasteiger partial charge in [-0.1, -0.05) is 0 Å². The van der Waals surface area contributed by atoms with Crippen LogP contribution in [-0.2, 0) is 14.3 Å². The van der Waals surface area contributed by atoms with Crippen LogP contribution in [0.3, 0.4) is 0 Å². The van der Waals surface area contributed by atoms with E-state index in [0.717, 1.165) is 12.8 Å². The Morgan fingerprint density at radius 3 is 2.13 bits per heavy atom. The summed E-state index contributed by atoms with van der Waals surface area (Å²) in [7, 11) is 1.41. The standard InChI is InChI=1S/C11H16O4/c1-15-11(14)9-6-2-3-7(9)5-8(4-6)10(12)13/h6-9H,2-5H2,1H3,(H,12,13)/t6-,7-,8?,9?/m0/s1. The zero-order valence-electron chi connectivity index (χ0n) is 8.81. The number of carbonyl (C=O) groups is 2. The van der Waals surface area contributed by atoms with Gasteiger partial charge in [-0.05, 0) is 37.5 Å². The maximum Gasteiger partial charge on any atom is 0.309 e. The van der Waals surface area contributed by atoms with Gasteiger partial charge in [0.25, 0.3) is 0 Å². The van der Waals surface area contributed by atoms with Gasteiger partial charge in [0.2, 0.25) is 0 Å². The van der Waals surface area contributed by atoms with E-state index < -0.39 is 5.97 Å². The molecule has 0 aliphatic heterocycles. The summed E-state index contributed by atoms with van der Waals surface area (Å²) in [6, 6.07) is 0. The molecule has 1 N–H and O–H groups in total. The van der Waals surface area contributed by atoms with Crippen molar-refractivity contribution in [1.82, 2.24) is 0 Å². The van der Waals surface area contributed by atoms with E-state index in [1.807, 2.05) is 0 Å². The highest BCUT2D eigenvalue weighted by Crippen LogP contribution is 2.49. The number of carbonyl (C=O) groups excluding carboxylic acids is 1. The number of rotatable bonds is 2. The predicted molar refractivity (Wildman–Crippen MR) is 52.1 cm³/mol. The molecule has 0 saturated heterocycles. The lowest BCUT2D eigenvalue weighted by molar-refractivity contribution is -0.154. The quantitative estimate of drug-likeness (QED) is 0.701. The Balaban J connectivity index is 2.10. The van der Waals surface area contributed by atoms with Crippen LogP contribution in [-0.4, -0.2) is 24.2 Å². The molecule has 0 amide bonds. The van der Waals surface area contributed by atoms with E-state index in [1.54, 1.807) is 0 Å². The van der Waals surface area contributed by atoms with Crippen molar-refractivity contribution >= 4 is 11.9 Å². The molecule has 0 heterocycles. The van der Waals surface area contributed by atoms with Crippen LogP contribution in [0.15, 0.2) is 0 Å². The summed E-state index contributed by atoms with van der Waals surface area (Å²) in [5.41, 5.74) is 0. The molecule has 2 rings (SSSR count). The van der Waals surface area contributed by atoms with Gasteiger partial charge in [0.15, 0.2) is 0 Å². The molecule has 0 aromatic carbocycles. The molecule has 2 atom stereocenters. The minimum absolute atomic E-state index is 0.0365. The SMILES string of the molecule is COC(=O)C1[C@H]2CC[C@H]1CC(C(=O)O)C2. The summed E-state index contributed by atoms with van der Waals surface area (Å²) in [5.74, 6) is -0.676. The summed E-state index contributed by atoms with van der Waals surface area (Å²) in [6.07, 6.45) is 3.25. The first-order valence-electron chi connectivity index (χ1n) is 5.44. The molecule has 0 unspecified atom stereocenters. The maximum absolute atomic E-state index is 11.5. The van der Waals surface area contributed by atoms with Crippen LogP contribution >= 0.6 is 0 Å². The molecule has 2 fully saturated rings. The fraction of sp³-hybridized carbons (Fsp3) is 0.818. The second-order valence-corrected chi connectivity index (χ2v) is 4.65. The topological polar surface area (TPSA) is 63.6 Å². The molecule has 2 saturated carbocycles. The second kappa shape index (κ2) is 3.83. The largest absolute Gasteiger partial charge is 0.481 e. The molecule has 0 aromatic rings. The molecular weight excluding hydrogens is 196 g/mol. The summed E-state index contributed by atoms with van der Waals surface area (Å²) in [6.45, 7) is 0. The number of hydrogen-bond acceptors (Lipinski definition) is 3. The summed E-state index contributed by atoms with van der Waals surface area (Å²) >= 11 is 0. The number of hydrogen-bond donors (Lipinski definition) is 1. The third-order valence-corrected chi connectivity index (χ3v) is 3.92. The lowest BCUT2D eigenvalue weighted by Gasteiger charge is -2.31. The maximum atomic E-state index is 11.5. The van der Waals surface area contributed by atoms with E-state index in [4.69, 9.17) is 9.84 Å². The lowest BCUT2D eigenvalue weighted by Crippen LogP contribution is -2.35. The number of esters is 1. The van der Waals surface area contributed by atoms with Gasteiger partial charge in [-0.2, -0.15) is 0 Å². The van der Waals surface area contributed by atoms with E-state index in [2.05, 4.69) is 0 Å². The molecule has 2 aliphatic carbocycles. The van der Waals surface area contributed by atoms with E-state index in [0.29, 0.717) is 12.8 Å². The average Bonchev–Trinajstić information content (AvgIpc) is 2.47. The van der Waals surface area contributed by atoms with E-state index in [-0.39, 0.29) is 29.6 Å². The Morgan fingerprint density at radius 1 is 1.20 bits per heavy atom. The third kappa shape index (κ3) is 1.73. The fourth-order valence-electron chi connectivity index (χ4n) is 3.25. The summed E-state index contributed by atoms with van der Waals surface area (Å²) in [5, 5.41) is 8.97. The van der Waals surface area contributed by atoms with Crippen LogP contribution in [0.5, 0.6) is 0 Å². The van der Waals surface area contributed by atoms with Gasteiger partial charge < -0.3 is 9.84 Å². The van der Waals surface area contributed by atoms with Crippen molar-refractivity contribution in [2.24, 2.45) is 23.7 Å². The Kier molecular flexibility index (Phi) is 2.67. The summed E-state index contributed by atoms with van der Waals surface area (Å²) in [4.78, 5) is 22.4. The lowest BCUT2D eigenvalue weighted by atomic mass is 9.73. The van der Waals surface area contributed by atoms with Crippen molar-refractivity contribution < 1.29 is 19.4 Å². The Labute approximate surface area is 88.6 Å². The number of fused-ring (bicyclic) bond motifs is 2. The van der Waals surface area contributed by atoms with Gasteiger partial charge in [-0.3, -0.25) is 9.59 Å². The first-order valence-corrected chi connectivity index (χ1v) is 5.44. The van der Waals surface area contributed by atoms with Crippen LogP contribution in [0, 0.1) is 23.7 Å². The molecule has 2 bridgehead atoms. The first-order chi connectivity index (χ1) is 7.13. The van der Waals surface area contributed by atoms with Crippen molar-refractivity contribution in [2.75, 3.05) is 7.11 Å². The van der Waals surface area contributed by atoms with Crippen LogP contribution in [0.2, 0.25) is 0 Å². The van der Waals surface area contributed by atoms with Crippen molar-refractivity contribution in [3.05, 3.63) is 0 Å². The normalized spacial score (nSPS) is 38.7. The van der Waals surface area contributed by atoms with Gasteiger partial charge in [-0.15, -0.1) is 0 Å². The zero-order valence-corrected chi connectivity index (χ0v) is 8.81. The van der Waals surface area contributed by atoms with E-state index in [1.165, 1.54) is 7.11 Å². The summed E-state index contributed by atoms with van der Waals surface area (Å²) < 4.78 is 4.78. The number of methoxy groups -OCH3 is 1. The smallest absolute Gasteiger partial charge is 0.309 e. The Hall–Kier alpha value is -1.06. The zero-order chi connectivity index (χ0) is 11.0. The molecule has 0 spiro atoms. The van der Waals surface area contributed by atoms with Gasteiger partial charge in [0, 0.05) is 0 Å². The van der Waals surface area contributed by atoms with Crippen LogP contribution < -0.4 is 0 Å². The average molecular weight is 212 g/mol. The van der Waals surface area contributed by atoms with E-state index in [9.17, 15) is 9.59 Å². The highest BCUT2D eigenvalue weighted by Gasteiger charge is 2.48. The fourth-order valence-corrected chi connectivity index (χ4v) is 3.25. The van der Waals surface area contributed by atoms with Gasteiger partial charge in [0.05, 0.1) is 18.9 Å². The van der Waals surface area contributed by atoms with Gasteiger partial charge in [0.1, 0.15) is 0 Å². The molecule has 0 aromatic heterocycles. The van der Waals surface area contributed by atoms with Crippen molar-refractivity contribution in [1.29, 1.82) is 0 Å². The second-order valence-electron chi connectivity index (χ2n) is 4.65. The van der Waals surface area contributed by atoms with Crippen LogP contribution in [0.1, 0.15) is 25.7 Å².